The molecule has 0 bridgehead atoms. The van der Waals surface area contributed by atoms with Crippen molar-refractivity contribution in [1.82, 2.24) is 9.29 Å². The molecule has 3 rings (SSSR count). The maximum Gasteiger partial charge on any atom is 0.245 e. The summed E-state index contributed by atoms with van der Waals surface area (Å²) in [6.45, 7) is 0.116. The van der Waals surface area contributed by atoms with Gasteiger partial charge in [0.15, 0.2) is 5.78 Å². The fourth-order valence-electron chi connectivity index (χ4n) is 3.13. The number of nitrogens with two attached hydrogens (primary N) is 1. The van der Waals surface area contributed by atoms with Gasteiger partial charge in [-0.05, 0) is 12.5 Å². The Balaban J connectivity index is 2.04. The highest BCUT2D eigenvalue weighted by molar-refractivity contribution is 7.89. The monoisotopic (exact) mass is 378 g/mol. The minimum atomic E-state index is -3.96. The van der Waals surface area contributed by atoms with Crippen LogP contribution in [-0.2, 0) is 14.8 Å². The van der Waals surface area contributed by atoms with Crippen LogP contribution in [0.1, 0.15) is 12.8 Å². The molecule has 0 spiro atoms. The average Bonchev–Trinajstić information content (AvgIpc) is 2.97. The lowest BCUT2D eigenvalue weighted by molar-refractivity contribution is -0.122. The molecule has 1 aromatic heterocycles. The predicted octanol–water partition coefficient (Wildman–Crippen LogP) is 1.67. The Morgan fingerprint density at radius 2 is 2.20 bits per heavy atom. The van der Waals surface area contributed by atoms with Crippen molar-refractivity contribution in [3.05, 3.63) is 35.6 Å². The van der Waals surface area contributed by atoms with Gasteiger partial charge in [0.25, 0.3) is 0 Å². The third kappa shape index (κ3) is 3.00. The van der Waals surface area contributed by atoms with Gasteiger partial charge < -0.3 is 5.73 Å². The van der Waals surface area contributed by atoms with E-state index in [2.05, 4.69) is 4.98 Å². The van der Waals surface area contributed by atoms with Crippen LogP contribution in [-0.4, -0.2) is 36.2 Å². The van der Waals surface area contributed by atoms with Gasteiger partial charge in [0, 0.05) is 35.6 Å². The highest BCUT2D eigenvalue weighted by Gasteiger charge is 2.42. The minimum absolute atomic E-state index is 0.0289. The van der Waals surface area contributed by atoms with Crippen LogP contribution in [0.3, 0.4) is 0 Å². The molecular formula is C16H15ClN4O3S. The van der Waals surface area contributed by atoms with Crippen molar-refractivity contribution in [2.24, 2.45) is 11.7 Å². The van der Waals surface area contributed by atoms with Crippen LogP contribution < -0.4 is 5.73 Å². The molecule has 1 fully saturated rings. The van der Waals surface area contributed by atoms with Crippen LogP contribution >= 0.6 is 11.6 Å². The highest BCUT2D eigenvalue weighted by Crippen LogP contribution is 2.34. The Labute approximate surface area is 150 Å². The van der Waals surface area contributed by atoms with E-state index in [0.29, 0.717) is 17.2 Å². The van der Waals surface area contributed by atoms with Gasteiger partial charge in [-0.25, -0.2) is 8.42 Å². The number of hydrogen-bond acceptors (Lipinski definition) is 6. The predicted molar refractivity (Wildman–Crippen MR) is 92.0 cm³/mol. The van der Waals surface area contributed by atoms with E-state index in [-0.39, 0.29) is 28.7 Å². The molecule has 2 N–H and O–H groups in total. The molecule has 0 aliphatic carbocycles. The van der Waals surface area contributed by atoms with Crippen LogP contribution in [0.4, 0.5) is 0 Å². The number of sulfonamides is 1. The molecule has 1 aliphatic rings. The fourth-order valence-corrected chi connectivity index (χ4v) is 5.25. The van der Waals surface area contributed by atoms with Crippen LogP contribution in [0.5, 0.6) is 0 Å². The van der Waals surface area contributed by atoms with E-state index in [1.54, 1.807) is 18.2 Å². The molecule has 2 heterocycles. The van der Waals surface area contributed by atoms with Gasteiger partial charge in [0.05, 0.1) is 28.6 Å². The lowest BCUT2D eigenvalue weighted by atomic mass is 9.99. The van der Waals surface area contributed by atoms with Crippen LogP contribution in [0.25, 0.3) is 10.8 Å². The van der Waals surface area contributed by atoms with Crippen LogP contribution in [0.15, 0.2) is 35.5 Å². The van der Waals surface area contributed by atoms with Crippen molar-refractivity contribution in [1.29, 1.82) is 5.26 Å². The lowest BCUT2D eigenvalue weighted by Crippen LogP contribution is -2.45. The Kier molecular flexibility index (Phi) is 4.75. The Bertz CT molecular complexity index is 981. The number of hydrogen-bond donors (Lipinski definition) is 1. The fraction of sp³-hybridized carbons (Fsp3) is 0.312. The summed E-state index contributed by atoms with van der Waals surface area (Å²) in [5.41, 5.74) is 6.03. The number of fused-ring (bicyclic) bond motifs is 1. The summed E-state index contributed by atoms with van der Waals surface area (Å²) in [4.78, 5) is 16.0. The molecule has 0 saturated carbocycles. The minimum Gasteiger partial charge on any atom is -0.314 e. The molecular weight excluding hydrogens is 364 g/mol. The number of nitrogens with zero attached hydrogens (tertiary/aromatic N) is 3. The Hall–Kier alpha value is -2.05. The maximum absolute atomic E-state index is 13.1. The van der Waals surface area contributed by atoms with Crippen molar-refractivity contribution in [2.75, 3.05) is 6.54 Å². The number of halogens is 1. The molecule has 1 aromatic carbocycles. The zero-order valence-electron chi connectivity index (χ0n) is 13.1. The van der Waals surface area contributed by atoms with E-state index in [4.69, 9.17) is 22.6 Å². The molecule has 25 heavy (non-hydrogen) atoms. The first-order valence-corrected chi connectivity index (χ1v) is 9.39. The molecule has 1 unspecified atom stereocenters. The largest absolute Gasteiger partial charge is 0.314 e. The molecule has 1 saturated heterocycles. The normalized spacial score (nSPS) is 21.3. The second-order valence-corrected chi connectivity index (χ2v) is 8.04. The molecule has 2 aromatic rings. The number of pyridine rings is 1. The number of carbonyl (C=O) groups is 1. The van der Waals surface area contributed by atoms with Crippen molar-refractivity contribution >= 4 is 38.2 Å². The van der Waals surface area contributed by atoms with Crippen molar-refractivity contribution in [3.8, 4) is 6.07 Å². The van der Waals surface area contributed by atoms with Crippen molar-refractivity contribution < 1.29 is 13.2 Å². The van der Waals surface area contributed by atoms with Gasteiger partial charge >= 0.3 is 0 Å². The highest BCUT2D eigenvalue weighted by atomic mass is 35.5. The summed E-state index contributed by atoms with van der Waals surface area (Å²) in [7, 11) is -3.96. The number of ketones is 1. The van der Waals surface area contributed by atoms with E-state index < -0.39 is 22.1 Å². The Morgan fingerprint density at radius 1 is 1.44 bits per heavy atom. The summed E-state index contributed by atoms with van der Waals surface area (Å²) in [6, 6.07) is 6.57. The van der Waals surface area contributed by atoms with E-state index in [9.17, 15) is 13.2 Å². The third-order valence-corrected chi connectivity index (χ3v) is 6.58. The standard InChI is InChI=1S/C16H15ClN4O3S/c17-12-9-20-8-10-2-1-3-14(15(10)12)25(23,24)21-7-5-11(16(21)19)13(22)4-6-18/h1-3,8-9,11,16H,4-5,7,19H2/t11?,16-/m0/s1. The number of nitriles is 1. The first kappa shape index (κ1) is 17.8. The molecule has 1 aliphatic heterocycles. The summed E-state index contributed by atoms with van der Waals surface area (Å²) >= 11 is 6.16. The number of aromatic nitrogens is 1. The molecule has 7 nitrogen and oxygen atoms in total. The van der Waals surface area contributed by atoms with Crippen molar-refractivity contribution in [2.45, 2.75) is 23.9 Å². The van der Waals surface area contributed by atoms with Gasteiger partial charge in [0.2, 0.25) is 10.0 Å². The van der Waals surface area contributed by atoms with Gasteiger partial charge in [0.1, 0.15) is 0 Å². The zero-order chi connectivity index (χ0) is 18.2. The smallest absolute Gasteiger partial charge is 0.245 e. The molecule has 130 valence electrons. The number of Topliss-reactive ketones (excluding diaryl/α,β-unsaturated/α-hetero) is 1. The summed E-state index contributed by atoms with van der Waals surface area (Å²) in [6.07, 6.45) is 1.93. The number of rotatable bonds is 4. The topological polar surface area (TPSA) is 117 Å². The quantitative estimate of drug-likeness (QED) is 0.864. The SMILES string of the molecule is N#CCC(=O)C1CCN(S(=O)(=O)c2cccc3cncc(Cl)c23)[C@@H]1N. The molecule has 0 amide bonds. The molecule has 9 heteroatoms. The summed E-state index contributed by atoms with van der Waals surface area (Å²) in [5, 5.41) is 9.86. The molecule has 0 radical (unpaired) electrons. The van der Waals surface area contributed by atoms with Crippen LogP contribution in [0.2, 0.25) is 5.02 Å². The van der Waals surface area contributed by atoms with Gasteiger partial charge in [-0.1, -0.05) is 23.7 Å². The Morgan fingerprint density at radius 3 is 2.92 bits per heavy atom. The maximum atomic E-state index is 13.1. The third-order valence-electron chi connectivity index (χ3n) is 4.36. The number of carbonyl (C=O) groups excluding carboxylic acids is 1. The van der Waals surface area contributed by atoms with E-state index in [1.807, 2.05) is 0 Å². The molecule has 2 atom stereocenters. The first-order chi connectivity index (χ1) is 11.9. The van der Waals surface area contributed by atoms with E-state index >= 15 is 0 Å². The van der Waals surface area contributed by atoms with E-state index in [1.165, 1.54) is 18.5 Å². The van der Waals surface area contributed by atoms with Crippen LogP contribution in [0, 0.1) is 17.2 Å². The average molecular weight is 379 g/mol. The summed E-state index contributed by atoms with van der Waals surface area (Å²) in [5.74, 6) is -1.02. The van der Waals surface area contributed by atoms with Gasteiger partial charge in [-0.15, -0.1) is 0 Å². The second kappa shape index (κ2) is 6.69. The van der Waals surface area contributed by atoms with Gasteiger partial charge in [-0.3, -0.25) is 9.78 Å². The zero-order valence-corrected chi connectivity index (χ0v) is 14.7. The second-order valence-electron chi connectivity index (χ2n) is 5.78. The van der Waals surface area contributed by atoms with Gasteiger partial charge in [-0.2, -0.15) is 9.57 Å². The lowest BCUT2D eigenvalue weighted by Gasteiger charge is -2.24. The van der Waals surface area contributed by atoms with E-state index in [0.717, 1.165) is 4.31 Å². The summed E-state index contributed by atoms with van der Waals surface area (Å²) < 4.78 is 27.4. The first-order valence-electron chi connectivity index (χ1n) is 7.57. The van der Waals surface area contributed by atoms with Crippen molar-refractivity contribution in [3.63, 3.8) is 0 Å². The number of benzene rings is 1.